The Morgan fingerprint density at radius 2 is 1.14 bits per heavy atom. The Labute approximate surface area is 233 Å². The maximum absolute atomic E-state index is 12.4. The molecule has 0 aliphatic rings. The van der Waals surface area contributed by atoms with Gasteiger partial charge in [-0.3, -0.25) is 0 Å². The van der Waals surface area contributed by atoms with Crippen molar-refractivity contribution in [2.75, 3.05) is 6.61 Å². The molecule has 0 saturated carbocycles. The van der Waals surface area contributed by atoms with E-state index in [0.717, 1.165) is 36.8 Å². The van der Waals surface area contributed by atoms with E-state index >= 15 is 0 Å². The molecule has 2 heterocycles. The van der Waals surface area contributed by atoms with Crippen LogP contribution in [0.25, 0.3) is 24.3 Å². The van der Waals surface area contributed by atoms with Crippen molar-refractivity contribution >= 4 is 36.2 Å². The Morgan fingerprint density at radius 3 is 1.50 bits per heavy atom. The van der Waals surface area contributed by atoms with Crippen LogP contribution in [0.5, 0.6) is 0 Å². The SMILES string of the molecule is CCOC(=O)c1coc(C=Cc2ccc(C(F)(F)F)cc2)n1.O=C(O)c1coc(C=Cc2ccc(C(F)(F)F)cc2)n1. The average molecular weight is 594 g/mol. The zero-order valence-corrected chi connectivity index (χ0v) is 21.4. The molecule has 0 fully saturated rings. The molecule has 0 unspecified atom stereocenters. The van der Waals surface area contributed by atoms with Gasteiger partial charge in [0.1, 0.15) is 12.5 Å². The van der Waals surface area contributed by atoms with Gasteiger partial charge in [-0.05, 0) is 54.5 Å². The minimum absolute atomic E-state index is 0.0360. The molecular weight excluding hydrogens is 574 g/mol. The molecular formula is C28H20F6N2O6. The number of rotatable bonds is 7. The second-order valence-corrected chi connectivity index (χ2v) is 8.07. The third-order valence-corrected chi connectivity index (χ3v) is 5.06. The van der Waals surface area contributed by atoms with E-state index in [4.69, 9.17) is 18.7 Å². The normalized spacial score (nSPS) is 11.9. The summed E-state index contributed by atoms with van der Waals surface area (Å²) < 4.78 is 89.0. The van der Waals surface area contributed by atoms with Crippen LogP contribution in [0.15, 0.2) is 69.9 Å². The number of nitrogens with zero attached hydrogens (tertiary/aromatic N) is 2. The maximum Gasteiger partial charge on any atom is 0.416 e. The lowest BCUT2D eigenvalue weighted by atomic mass is 10.1. The van der Waals surface area contributed by atoms with Gasteiger partial charge in [-0.2, -0.15) is 26.3 Å². The van der Waals surface area contributed by atoms with Crippen LogP contribution in [0.1, 0.15) is 61.9 Å². The highest BCUT2D eigenvalue weighted by Crippen LogP contribution is 2.30. The molecule has 8 nitrogen and oxygen atoms in total. The van der Waals surface area contributed by atoms with Crippen LogP contribution < -0.4 is 0 Å². The minimum atomic E-state index is -4.37. The number of benzene rings is 2. The summed E-state index contributed by atoms with van der Waals surface area (Å²) in [5.41, 5.74) is -0.604. The van der Waals surface area contributed by atoms with E-state index in [-0.39, 0.29) is 29.8 Å². The highest BCUT2D eigenvalue weighted by Gasteiger charge is 2.30. The van der Waals surface area contributed by atoms with Crippen LogP contribution in [0.2, 0.25) is 0 Å². The first-order valence-electron chi connectivity index (χ1n) is 11.8. The summed E-state index contributed by atoms with van der Waals surface area (Å²) in [5, 5.41) is 8.64. The summed E-state index contributed by atoms with van der Waals surface area (Å²) in [6, 6.07) is 9.12. The molecule has 220 valence electrons. The fraction of sp³-hybridized carbons (Fsp3) is 0.143. The van der Waals surface area contributed by atoms with Crippen molar-refractivity contribution in [3.05, 3.63) is 106 Å². The molecule has 0 spiro atoms. The van der Waals surface area contributed by atoms with E-state index in [1.165, 1.54) is 48.6 Å². The van der Waals surface area contributed by atoms with Crippen molar-refractivity contribution in [3.8, 4) is 0 Å². The smallest absolute Gasteiger partial charge is 0.416 e. The fourth-order valence-corrected chi connectivity index (χ4v) is 3.03. The van der Waals surface area contributed by atoms with Crippen molar-refractivity contribution in [1.29, 1.82) is 0 Å². The number of esters is 1. The molecule has 1 N–H and O–H groups in total. The van der Waals surface area contributed by atoms with Crippen molar-refractivity contribution < 1.29 is 54.6 Å². The van der Waals surface area contributed by atoms with Gasteiger partial charge in [0, 0.05) is 12.2 Å². The van der Waals surface area contributed by atoms with E-state index in [0.29, 0.717) is 11.1 Å². The van der Waals surface area contributed by atoms with Gasteiger partial charge in [-0.1, -0.05) is 24.3 Å². The van der Waals surface area contributed by atoms with Gasteiger partial charge in [0.25, 0.3) is 0 Å². The average Bonchev–Trinajstić information content (AvgIpc) is 3.61. The molecule has 0 bridgehead atoms. The largest absolute Gasteiger partial charge is 0.476 e. The first kappa shape index (κ1) is 31.4. The van der Waals surface area contributed by atoms with Gasteiger partial charge >= 0.3 is 24.3 Å². The first-order chi connectivity index (χ1) is 19.8. The third kappa shape index (κ3) is 9.21. The summed E-state index contributed by atoms with van der Waals surface area (Å²) in [6.45, 7) is 1.89. The number of halogens is 6. The summed E-state index contributed by atoms with van der Waals surface area (Å²) in [5.74, 6) is -1.60. The monoisotopic (exact) mass is 594 g/mol. The topological polar surface area (TPSA) is 116 Å². The number of carbonyl (C=O) groups is 2. The molecule has 42 heavy (non-hydrogen) atoms. The molecule has 4 rings (SSSR count). The Hall–Kier alpha value is -5.14. The van der Waals surface area contributed by atoms with Gasteiger partial charge in [0.05, 0.1) is 17.7 Å². The van der Waals surface area contributed by atoms with Crippen molar-refractivity contribution in [2.45, 2.75) is 19.3 Å². The van der Waals surface area contributed by atoms with E-state index in [2.05, 4.69) is 9.97 Å². The molecule has 0 atom stereocenters. The molecule has 2 aromatic heterocycles. The number of aromatic carboxylic acids is 1. The van der Waals surface area contributed by atoms with Crippen LogP contribution >= 0.6 is 0 Å². The van der Waals surface area contributed by atoms with Crippen LogP contribution in [0, 0.1) is 0 Å². The lowest BCUT2D eigenvalue weighted by molar-refractivity contribution is -0.138. The second kappa shape index (κ2) is 13.5. The Bertz CT molecular complexity index is 1550. The van der Waals surface area contributed by atoms with Crippen LogP contribution in [0.3, 0.4) is 0 Å². The van der Waals surface area contributed by atoms with Crippen LogP contribution in [-0.4, -0.2) is 33.6 Å². The number of alkyl halides is 6. The number of carboxylic acid groups (broad SMARTS) is 1. The Kier molecular flexibility index (Phi) is 10.1. The van der Waals surface area contributed by atoms with Crippen molar-refractivity contribution in [3.63, 3.8) is 0 Å². The highest BCUT2D eigenvalue weighted by atomic mass is 19.4. The van der Waals surface area contributed by atoms with E-state index in [1.54, 1.807) is 6.92 Å². The predicted molar refractivity (Wildman–Crippen MR) is 137 cm³/mol. The predicted octanol–water partition coefficient (Wildman–Crippen LogP) is 7.60. The molecule has 0 aliphatic heterocycles. The molecule has 0 radical (unpaired) electrons. The maximum atomic E-state index is 12.4. The van der Waals surface area contributed by atoms with Gasteiger partial charge in [0.2, 0.25) is 11.8 Å². The highest BCUT2D eigenvalue weighted by molar-refractivity contribution is 5.87. The summed E-state index contributed by atoms with van der Waals surface area (Å²) >= 11 is 0. The summed E-state index contributed by atoms with van der Waals surface area (Å²) in [4.78, 5) is 29.5. The van der Waals surface area contributed by atoms with Crippen LogP contribution in [-0.2, 0) is 17.1 Å². The van der Waals surface area contributed by atoms with E-state index < -0.39 is 35.4 Å². The minimum Gasteiger partial charge on any atom is -0.476 e. The standard InChI is InChI=1S/C15H12F3NO3.C13H8F3NO3/c1-2-21-14(20)12-9-22-13(19-12)8-5-10-3-6-11(7-4-10)15(16,17)18;14-13(15,16)9-4-1-8(2-5-9)3-6-11-17-10(7-20-11)12(18)19/h3-9H,2H2,1H3;1-7H,(H,18,19). The van der Waals surface area contributed by atoms with Gasteiger partial charge in [0.15, 0.2) is 11.4 Å². The van der Waals surface area contributed by atoms with Gasteiger partial charge < -0.3 is 18.7 Å². The van der Waals surface area contributed by atoms with Crippen molar-refractivity contribution in [2.24, 2.45) is 0 Å². The second-order valence-electron chi connectivity index (χ2n) is 8.07. The van der Waals surface area contributed by atoms with Crippen molar-refractivity contribution in [1.82, 2.24) is 9.97 Å². The third-order valence-electron chi connectivity index (χ3n) is 5.06. The molecule has 0 amide bonds. The molecule has 2 aromatic carbocycles. The van der Waals surface area contributed by atoms with Crippen LogP contribution in [0.4, 0.5) is 26.3 Å². The lowest BCUT2D eigenvalue weighted by Crippen LogP contribution is -2.04. The van der Waals surface area contributed by atoms with Gasteiger partial charge in [-0.25, -0.2) is 19.6 Å². The van der Waals surface area contributed by atoms with E-state index in [1.807, 2.05) is 0 Å². The Balaban J connectivity index is 0.000000231. The zero-order valence-electron chi connectivity index (χ0n) is 21.4. The lowest BCUT2D eigenvalue weighted by Gasteiger charge is -2.05. The zero-order chi connectivity index (χ0) is 30.9. The molecule has 14 heteroatoms. The number of carboxylic acids is 1. The number of oxazole rings is 2. The molecule has 0 saturated heterocycles. The number of ether oxygens (including phenoxy) is 1. The fourth-order valence-electron chi connectivity index (χ4n) is 3.03. The quantitative estimate of drug-likeness (QED) is 0.172. The van der Waals surface area contributed by atoms with E-state index in [9.17, 15) is 35.9 Å². The Morgan fingerprint density at radius 1 is 0.738 bits per heavy atom. The number of aromatic nitrogens is 2. The number of hydrogen-bond acceptors (Lipinski definition) is 7. The molecule has 0 aliphatic carbocycles. The first-order valence-corrected chi connectivity index (χ1v) is 11.8. The number of hydrogen-bond donors (Lipinski definition) is 1. The summed E-state index contributed by atoms with van der Waals surface area (Å²) in [6.07, 6.45) is -0.779. The summed E-state index contributed by atoms with van der Waals surface area (Å²) in [7, 11) is 0. The number of carbonyl (C=O) groups excluding carboxylic acids is 1. The molecule has 4 aromatic rings. The van der Waals surface area contributed by atoms with Gasteiger partial charge in [-0.15, -0.1) is 0 Å².